The summed E-state index contributed by atoms with van der Waals surface area (Å²) < 4.78 is 5.90. The smallest absolute Gasteiger partial charge is 0.302 e. The van der Waals surface area contributed by atoms with E-state index in [9.17, 15) is 4.79 Å². The summed E-state index contributed by atoms with van der Waals surface area (Å²) >= 11 is 0. The lowest BCUT2D eigenvalue weighted by atomic mass is 9.41. The number of carbonyl (C=O) groups is 1. The average molecular weight is 469 g/mol. The van der Waals surface area contributed by atoms with Gasteiger partial charge in [-0.1, -0.05) is 46.3 Å². The van der Waals surface area contributed by atoms with Gasteiger partial charge in [0.05, 0.1) is 0 Å². The van der Waals surface area contributed by atoms with Gasteiger partial charge in [-0.05, 0) is 130 Å². The van der Waals surface area contributed by atoms with Crippen molar-refractivity contribution in [1.29, 1.82) is 0 Å². The summed E-state index contributed by atoms with van der Waals surface area (Å²) in [5, 5.41) is 0. The third kappa shape index (κ3) is 3.14. The molecule has 5 fully saturated rings. The largest absolute Gasteiger partial charge is 0.462 e. The summed E-state index contributed by atoms with van der Waals surface area (Å²) in [5.41, 5.74) is 3.71. The van der Waals surface area contributed by atoms with E-state index in [1.807, 2.05) is 0 Å². The van der Waals surface area contributed by atoms with Gasteiger partial charge < -0.3 is 4.74 Å². The van der Waals surface area contributed by atoms with Crippen LogP contribution in [0.5, 0.6) is 0 Å². The molecule has 0 N–H and O–H groups in total. The van der Waals surface area contributed by atoms with E-state index in [1.165, 1.54) is 69.8 Å². The van der Waals surface area contributed by atoms with Crippen molar-refractivity contribution in [2.75, 3.05) is 0 Å². The van der Waals surface area contributed by atoms with Crippen molar-refractivity contribution in [2.45, 2.75) is 132 Å². The van der Waals surface area contributed by atoms with E-state index >= 15 is 0 Å². The van der Waals surface area contributed by atoms with Gasteiger partial charge in [-0.3, -0.25) is 4.79 Å². The first kappa shape index (κ1) is 24.9. The Morgan fingerprint density at radius 2 is 1.56 bits per heavy atom. The van der Waals surface area contributed by atoms with Gasteiger partial charge in [0.15, 0.2) is 0 Å². The molecule has 2 spiro atoms. The van der Waals surface area contributed by atoms with E-state index in [1.54, 1.807) is 6.92 Å². The molecule has 0 aromatic heterocycles. The van der Waals surface area contributed by atoms with Crippen molar-refractivity contribution >= 4 is 5.97 Å². The Kier molecular flexibility index (Phi) is 5.75. The Balaban J connectivity index is 1.39. The van der Waals surface area contributed by atoms with Gasteiger partial charge >= 0.3 is 5.97 Å². The van der Waals surface area contributed by atoms with Crippen LogP contribution in [0.3, 0.4) is 0 Å². The molecule has 0 heterocycles. The summed E-state index contributed by atoms with van der Waals surface area (Å²) in [4.78, 5) is 11.8. The van der Waals surface area contributed by atoms with Crippen molar-refractivity contribution in [2.24, 2.45) is 50.7 Å². The zero-order valence-electron chi connectivity index (χ0n) is 23.6. The highest BCUT2D eigenvalue weighted by Gasteiger charge is 2.82. The molecule has 0 radical (unpaired) electrons. The molecule has 0 aromatic carbocycles. The van der Waals surface area contributed by atoms with E-state index in [-0.39, 0.29) is 17.5 Å². The van der Waals surface area contributed by atoms with Gasteiger partial charge in [-0.15, -0.1) is 0 Å². The zero-order chi connectivity index (χ0) is 24.7. The summed E-state index contributed by atoms with van der Waals surface area (Å²) in [6.07, 6.45) is 17.6. The minimum absolute atomic E-state index is 0.0927. The van der Waals surface area contributed by atoms with E-state index < -0.39 is 0 Å². The van der Waals surface area contributed by atoms with E-state index in [2.05, 4.69) is 54.5 Å². The van der Waals surface area contributed by atoms with Crippen LogP contribution in [0.2, 0.25) is 0 Å². The quantitative estimate of drug-likeness (QED) is 0.298. The molecule has 2 nitrogen and oxygen atoms in total. The van der Waals surface area contributed by atoms with Crippen LogP contribution < -0.4 is 0 Å². The summed E-state index contributed by atoms with van der Waals surface area (Å²) in [6.45, 7) is 18.9. The van der Waals surface area contributed by atoms with Crippen molar-refractivity contribution in [1.82, 2.24) is 0 Å². The Morgan fingerprint density at radius 1 is 0.882 bits per heavy atom. The molecule has 9 atom stereocenters. The monoisotopic (exact) mass is 468 g/mol. The summed E-state index contributed by atoms with van der Waals surface area (Å²) in [7, 11) is 0. The summed E-state index contributed by atoms with van der Waals surface area (Å²) in [6, 6.07) is 0. The second-order valence-corrected chi connectivity index (χ2v) is 14.9. The van der Waals surface area contributed by atoms with Gasteiger partial charge in [-0.2, -0.15) is 0 Å². The van der Waals surface area contributed by atoms with E-state index in [0.29, 0.717) is 21.7 Å². The average Bonchev–Trinajstić information content (AvgIpc) is 3.32. The first-order chi connectivity index (χ1) is 15.8. The van der Waals surface area contributed by atoms with Crippen LogP contribution in [0.4, 0.5) is 0 Å². The highest BCUT2D eigenvalue weighted by Crippen LogP contribution is 2.89. The molecule has 0 bridgehead atoms. The van der Waals surface area contributed by atoms with Crippen molar-refractivity contribution in [3.05, 3.63) is 11.6 Å². The van der Waals surface area contributed by atoms with Crippen molar-refractivity contribution < 1.29 is 9.53 Å². The molecule has 5 aliphatic rings. The normalized spacial score (nSPS) is 49.1. The minimum Gasteiger partial charge on any atom is -0.462 e. The fraction of sp³-hybridized carbons (Fsp3) is 0.906. The van der Waals surface area contributed by atoms with Gasteiger partial charge in [0.2, 0.25) is 0 Å². The van der Waals surface area contributed by atoms with Crippen LogP contribution in [0.15, 0.2) is 11.6 Å². The number of esters is 1. The molecule has 5 aliphatic carbocycles. The maximum Gasteiger partial charge on any atom is 0.302 e. The zero-order valence-corrected chi connectivity index (χ0v) is 23.6. The SMILES string of the molecule is CC(=O)O[C@H]1CC[C@]23C[C@]24CC[C@]2(C)C([C@H](C)CCC=C(C)C)CC[C@@]2(C)C4CCC3C1(C)C. The van der Waals surface area contributed by atoms with Crippen molar-refractivity contribution in [3.8, 4) is 0 Å². The molecule has 34 heavy (non-hydrogen) atoms. The number of carbonyl (C=O) groups excluding carboxylic acids is 1. The number of allylic oxidation sites excluding steroid dienone is 2. The second kappa shape index (κ2) is 7.85. The lowest BCUT2D eigenvalue weighted by Gasteiger charge is -2.63. The van der Waals surface area contributed by atoms with E-state index in [0.717, 1.165) is 30.1 Å². The van der Waals surface area contributed by atoms with Gasteiger partial charge in [-0.25, -0.2) is 0 Å². The molecule has 0 aliphatic heterocycles. The van der Waals surface area contributed by atoms with Crippen LogP contribution in [-0.2, 0) is 9.53 Å². The predicted molar refractivity (Wildman–Crippen MR) is 140 cm³/mol. The Hall–Kier alpha value is -0.790. The second-order valence-electron chi connectivity index (χ2n) is 14.9. The third-order valence-corrected chi connectivity index (χ3v) is 13.3. The standard InChI is InChI=1S/C32H52O2/c1-21(2)10-9-11-22(3)24-14-16-30(8)26-13-12-25-28(5,6)27(34-23(4)33)15-17-31(25)20-32(26,31)19-18-29(24,30)7/h10,22,24-27H,9,11-20H2,1-8H3/t22-,24?,25?,26?,27+,29-,30+,31-,32+/m1/s1. The van der Waals surface area contributed by atoms with Gasteiger partial charge in [0.1, 0.15) is 6.10 Å². The van der Waals surface area contributed by atoms with Gasteiger partial charge in [0.25, 0.3) is 0 Å². The maximum atomic E-state index is 11.8. The predicted octanol–water partition coefficient (Wildman–Crippen LogP) is 8.74. The van der Waals surface area contributed by atoms with Crippen LogP contribution >= 0.6 is 0 Å². The first-order valence-electron chi connectivity index (χ1n) is 14.6. The number of hydrogen-bond acceptors (Lipinski definition) is 2. The number of rotatable bonds is 5. The van der Waals surface area contributed by atoms with Crippen LogP contribution in [0, 0.1) is 50.7 Å². The fourth-order valence-corrected chi connectivity index (χ4v) is 11.5. The Morgan fingerprint density at radius 3 is 2.24 bits per heavy atom. The summed E-state index contributed by atoms with van der Waals surface area (Å²) in [5.74, 6) is 3.27. The topological polar surface area (TPSA) is 26.3 Å². The lowest BCUT2D eigenvalue weighted by molar-refractivity contribution is -0.181. The molecule has 192 valence electrons. The molecule has 0 saturated heterocycles. The number of hydrogen-bond donors (Lipinski definition) is 0. The van der Waals surface area contributed by atoms with Crippen molar-refractivity contribution in [3.63, 3.8) is 0 Å². The molecule has 3 unspecified atom stereocenters. The number of ether oxygens (including phenoxy) is 1. The van der Waals surface area contributed by atoms with Crippen LogP contribution in [-0.4, -0.2) is 12.1 Å². The number of fused-ring (bicyclic) bond motifs is 2. The molecule has 0 amide bonds. The maximum absolute atomic E-state index is 11.8. The fourth-order valence-electron chi connectivity index (χ4n) is 11.5. The molecular formula is C32H52O2. The van der Waals surface area contributed by atoms with Crippen LogP contribution in [0.25, 0.3) is 0 Å². The van der Waals surface area contributed by atoms with E-state index in [4.69, 9.17) is 4.74 Å². The molecule has 2 heteroatoms. The molecular weight excluding hydrogens is 416 g/mol. The Labute approximate surface area is 210 Å². The van der Waals surface area contributed by atoms with Crippen LogP contribution in [0.1, 0.15) is 126 Å². The minimum atomic E-state index is -0.0927. The lowest BCUT2D eigenvalue weighted by Crippen LogP contribution is -2.58. The van der Waals surface area contributed by atoms with Gasteiger partial charge in [0, 0.05) is 12.3 Å². The third-order valence-electron chi connectivity index (χ3n) is 13.3. The highest BCUT2D eigenvalue weighted by atomic mass is 16.5. The first-order valence-corrected chi connectivity index (χ1v) is 14.6. The molecule has 0 aromatic rings. The Bertz CT molecular complexity index is 866. The highest BCUT2D eigenvalue weighted by molar-refractivity contribution is 5.66. The molecule has 5 saturated carbocycles. The molecule has 5 rings (SSSR count).